The van der Waals surface area contributed by atoms with Gasteiger partial charge >= 0.3 is 0 Å². The largest absolute Gasteiger partial charge is 0.360 e. The zero-order chi connectivity index (χ0) is 16.4. The fraction of sp³-hybridized carbons (Fsp3) is 0.188. The van der Waals surface area contributed by atoms with Gasteiger partial charge < -0.3 is 14.8 Å². The number of hydrogen-bond acceptors (Lipinski definition) is 4. The van der Waals surface area contributed by atoms with Gasteiger partial charge in [0.15, 0.2) is 5.82 Å². The number of aromatic amines is 1. The lowest BCUT2D eigenvalue weighted by molar-refractivity contribution is -0.116. The normalized spacial score (nSPS) is 10.9. The predicted molar refractivity (Wildman–Crippen MR) is 82.7 cm³/mol. The summed E-state index contributed by atoms with van der Waals surface area (Å²) in [5, 5.41) is 6.97. The Hall–Kier alpha value is -2.96. The molecule has 0 fully saturated rings. The third-order valence-electron chi connectivity index (χ3n) is 3.40. The number of benzene rings is 1. The van der Waals surface area contributed by atoms with Gasteiger partial charge in [-0.1, -0.05) is 5.16 Å². The average Bonchev–Trinajstić information content (AvgIpc) is 2.90. The first-order valence-electron chi connectivity index (χ1n) is 7.06. The first kappa shape index (κ1) is 15.0. The van der Waals surface area contributed by atoms with Gasteiger partial charge in [-0.2, -0.15) is 0 Å². The van der Waals surface area contributed by atoms with Crippen LogP contribution in [0, 0.1) is 12.7 Å². The van der Waals surface area contributed by atoms with Crippen molar-refractivity contribution in [2.75, 3.05) is 5.32 Å². The van der Waals surface area contributed by atoms with Gasteiger partial charge in [0.1, 0.15) is 11.6 Å². The number of nitrogens with one attached hydrogen (secondary N) is 2. The number of H-pyrrole nitrogens is 1. The van der Waals surface area contributed by atoms with Crippen molar-refractivity contribution in [3.05, 3.63) is 57.8 Å². The van der Waals surface area contributed by atoms with Crippen LogP contribution in [0.5, 0.6) is 0 Å². The maximum absolute atomic E-state index is 13.1. The first-order valence-corrected chi connectivity index (χ1v) is 7.06. The fourth-order valence-electron chi connectivity index (χ4n) is 2.28. The van der Waals surface area contributed by atoms with Crippen molar-refractivity contribution >= 4 is 22.6 Å². The second-order valence-electron chi connectivity index (χ2n) is 5.23. The molecule has 0 unspecified atom stereocenters. The Morgan fingerprint density at radius 1 is 1.35 bits per heavy atom. The molecule has 0 atom stereocenters. The summed E-state index contributed by atoms with van der Waals surface area (Å²) in [6.45, 7) is 1.72. The number of carbonyl (C=O) groups is 1. The highest BCUT2D eigenvalue weighted by Crippen LogP contribution is 2.14. The number of aromatic nitrogens is 2. The van der Waals surface area contributed by atoms with Gasteiger partial charge in [0.2, 0.25) is 5.91 Å². The van der Waals surface area contributed by atoms with E-state index in [1.165, 1.54) is 12.1 Å². The molecule has 0 saturated heterocycles. The average molecular weight is 315 g/mol. The fourth-order valence-corrected chi connectivity index (χ4v) is 2.28. The highest BCUT2D eigenvalue weighted by atomic mass is 19.1. The number of fused-ring (bicyclic) bond motifs is 1. The molecule has 3 rings (SSSR count). The van der Waals surface area contributed by atoms with Crippen LogP contribution in [0.2, 0.25) is 0 Å². The Balaban J connectivity index is 1.71. The molecule has 2 heterocycles. The quantitative estimate of drug-likeness (QED) is 0.774. The van der Waals surface area contributed by atoms with E-state index in [0.717, 1.165) is 0 Å². The number of pyridine rings is 1. The minimum atomic E-state index is -0.414. The van der Waals surface area contributed by atoms with Gasteiger partial charge in [0.05, 0.1) is 5.52 Å². The standard InChI is InChI=1S/C16H14FN3O3/c1-9-6-14(20-23-9)19-15(21)5-3-11-7-10-2-4-12(17)8-13(10)18-16(11)22/h2,4,6-8H,3,5H2,1H3,(H,18,22)(H,19,20,21). The highest BCUT2D eigenvalue weighted by Gasteiger charge is 2.09. The smallest absolute Gasteiger partial charge is 0.251 e. The molecular formula is C16H14FN3O3. The minimum absolute atomic E-state index is 0.127. The summed E-state index contributed by atoms with van der Waals surface area (Å²) < 4.78 is 18.0. The Labute approximate surface area is 130 Å². The SMILES string of the molecule is Cc1cc(NC(=O)CCc2cc3ccc(F)cc3[nH]c2=O)no1. The van der Waals surface area contributed by atoms with E-state index in [-0.39, 0.29) is 24.3 Å². The molecule has 7 heteroatoms. The summed E-state index contributed by atoms with van der Waals surface area (Å²) in [5.74, 6) is 0.258. The van der Waals surface area contributed by atoms with E-state index in [1.807, 2.05) is 0 Å². The summed E-state index contributed by atoms with van der Waals surface area (Å²) in [4.78, 5) is 26.5. The Bertz CT molecular complexity index is 930. The first-order chi connectivity index (χ1) is 11.0. The lowest BCUT2D eigenvalue weighted by atomic mass is 10.1. The van der Waals surface area contributed by atoms with Gasteiger partial charge in [-0.15, -0.1) is 0 Å². The third-order valence-corrected chi connectivity index (χ3v) is 3.40. The molecule has 1 aromatic carbocycles. The molecule has 0 radical (unpaired) electrons. The summed E-state index contributed by atoms with van der Waals surface area (Å²) in [6.07, 6.45) is 0.396. The van der Waals surface area contributed by atoms with Crippen LogP contribution in [0.3, 0.4) is 0 Å². The second kappa shape index (κ2) is 6.04. The Morgan fingerprint density at radius 3 is 2.91 bits per heavy atom. The van der Waals surface area contributed by atoms with Gasteiger partial charge in [-0.25, -0.2) is 4.39 Å². The number of nitrogens with zero attached hydrogens (tertiary/aromatic N) is 1. The van der Waals surface area contributed by atoms with E-state index in [9.17, 15) is 14.0 Å². The zero-order valence-electron chi connectivity index (χ0n) is 12.4. The molecular weight excluding hydrogens is 301 g/mol. The van der Waals surface area contributed by atoms with Crippen molar-refractivity contribution < 1.29 is 13.7 Å². The lowest BCUT2D eigenvalue weighted by Gasteiger charge is -2.04. The highest BCUT2D eigenvalue weighted by molar-refractivity contribution is 5.89. The second-order valence-corrected chi connectivity index (χ2v) is 5.23. The Kier molecular flexibility index (Phi) is 3.92. The molecule has 0 aliphatic heterocycles. The molecule has 0 saturated carbocycles. The molecule has 0 aliphatic rings. The zero-order valence-corrected chi connectivity index (χ0v) is 12.4. The molecule has 23 heavy (non-hydrogen) atoms. The van der Waals surface area contributed by atoms with E-state index >= 15 is 0 Å². The van der Waals surface area contributed by atoms with Crippen molar-refractivity contribution in [2.24, 2.45) is 0 Å². The van der Waals surface area contributed by atoms with Crippen LogP contribution in [0.25, 0.3) is 10.9 Å². The van der Waals surface area contributed by atoms with E-state index < -0.39 is 5.82 Å². The summed E-state index contributed by atoms with van der Waals surface area (Å²) in [6, 6.07) is 7.45. The van der Waals surface area contributed by atoms with E-state index in [0.29, 0.717) is 28.0 Å². The molecule has 6 nitrogen and oxygen atoms in total. The van der Waals surface area contributed by atoms with E-state index in [1.54, 1.807) is 25.1 Å². The van der Waals surface area contributed by atoms with Crippen LogP contribution >= 0.6 is 0 Å². The number of carbonyl (C=O) groups excluding carboxylic acids is 1. The number of rotatable bonds is 4. The van der Waals surface area contributed by atoms with Crippen molar-refractivity contribution in [1.29, 1.82) is 0 Å². The van der Waals surface area contributed by atoms with E-state index in [2.05, 4.69) is 15.5 Å². The maximum atomic E-state index is 13.1. The minimum Gasteiger partial charge on any atom is -0.360 e. The molecule has 0 aliphatic carbocycles. The molecule has 1 amide bonds. The lowest BCUT2D eigenvalue weighted by Crippen LogP contribution is -2.17. The van der Waals surface area contributed by atoms with Crippen LogP contribution in [0.4, 0.5) is 10.2 Å². The molecule has 2 N–H and O–H groups in total. The molecule has 0 bridgehead atoms. The van der Waals surface area contributed by atoms with Crippen molar-refractivity contribution in [3.8, 4) is 0 Å². The van der Waals surface area contributed by atoms with Gasteiger partial charge in [0, 0.05) is 18.1 Å². The molecule has 0 spiro atoms. The van der Waals surface area contributed by atoms with Crippen LogP contribution < -0.4 is 10.9 Å². The predicted octanol–water partition coefficient (Wildman–Crippen LogP) is 2.53. The number of anilines is 1. The molecule has 3 aromatic rings. The number of aryl methyl sites for hydroxylation is 2. The Morgan fingerprint density at radius 2 is 2.17 bits per heavy atom. The van der Waals surface area contributed by atoms with E-state index in [4.69, 9.17) is 4.52 Å². The maximum Gasteiger partial charge on any atom is 0.251 e. The van der Waals surface area contributed by atoms with Gasteiger partial charge in [-0.3, -0.25) is 9.59 Å². The summed E-state index contributed by atoms with van der Waals surface area (Å²) in [5.41, 5.74) is 0.574. The summed E-state index contributed by atoms with van der Waals surface area (Å²) in [7, 11) is 0. The number of hydrogen-bond donors (Lipinski definition) is 2. The van der Waals surface area contributed by atoms with Crippen LogP contribution in [0.1, 0.15) is 17.7 Å². The van der Waals surface area contributed by atoms with Crippen molar-refractivity contribution in [3.63, 3.8) is 0 Å². The van der Waals surface area contributed by atoms with Gasteiger partial charge in [-0.05, 0) is 43.0 Å². The third kappa shape index (κ3) is 3.45. The van der Waals surface area contributed by atoms with Crippen LogP contribution in [0.15, 0.2) is 39.6 Å². The van der Waals surface area contributed by atoms with Crippen molar-refractivity contribution in [2.45, 2.75) is 19.8 Å². The van der Waals surface area contributed by atoms with Gasteiger partial charge in [0.25, 0.3) is 5.56 Å². The number of halogens is 1. The number of amides is 1. The molecule has 118 valence electrons. The molecule has 2 aromatic heterocycles. The van der Waals surface area contributed by atoms with Crippen LogP contribution in [-0.2, 0) is 11.2 Å². The van der Waals surface area contributed by atoms with Crippen molar-refractivity contribution in [1.82, 2.24) is 10.1 Å². The van der Waals surface area contributed by atoms with Crippen LogP contribution in [-0.4, -0.2) is 16.0 Å². The summed E-state index contributed by atoms with van der Waals surface area (Å²) >= 11 is 0. The topological polar surface area (TPSA) is 88.0 Å². The monoisotopic (exact) mass is 315 g/mol.